The Morgan fingerprint density at radius 3 is 2.45 bits per heavy atom. The van der Waals surface area contributed by atoms with E-state index in [1.165, 1.54) is 0 Å². The van der Waals surface area contributed by atoms with Gasteiger partial charge in [0.15, 0.2) is 0 Å². The molecule has 0 aliphatic rings. The number of nitrogens with zero attached hydrogens (tertiary/aromatic N) is 1. The Labute approximate surface area is 72.7 Å². The average Bonchev–Trinajstić information content (AvgIpc) is 2.07. The molecular formula is C9H12ClN. The summed E-state index contributed by atoms with van der Waals surface area (Å²) in [5.74, 6) is 0. The monoisotopic (exact) mass is 169 g/mol. The number of para-hydroxylation sites is 1. The van der Waals surface area contributed by atoms with Crippen LogP contribution in [-0.2, 0) is 0 Å². The highest BCUT2D eigenvalue weighted by atomic mass is 35.5. The van der Waals surface area contributed by atoms with Gasteiger partial charge in [-0.1, -0.05) is 25.1 Å². The summed E-state index contributed by atoms with van der Waals surface area (Å²) in [4.78, 5) is 0. The Morgan fingerprint density at radius 2 is 1.91 bits per heavy atom. The molecule has 0 radical (unpaired) electrons. The van der Waals surface area contributed by atoms with Gasteiger partial charge in [0.1, 0.15) is 0 Å². The number of hydrogen-bond donors (Lipinski definition) is 0. The Kier molecular flexibility index (Phi) is 3.24. The number of hydrogen-bond acceptors (Lipinski definition) is 1. The molecule has 0 amide bonds. The first kappa shape index (κ1) is 8.41. The lowest BCUT2D eigenvalue weighted by molar-refractivity contribution is 0.924. The van der Waals surface area contributed by atoms with E-state index in [2.05, 4.69) is 6.92 Å². The maximum atomic E-state index is 5.94. The molecule has 0 saturated carbocycles. The predicted molar refractivity (Wildman–Crippen MR) is 49.9 cm³/mol. The van der Waals surface area contributed by atoms with Crippen LogP contribution in [0.2, 0.25) is 0 Å². The first-order valence-corrected chi connectivity index (χ1v) is 4.16. The lowest BCUT2D eigenvalue weighted by atomic mass is 10.3. The summed E-state index contributed by atoms with van der Waals surface area (Å²) in [6.45, 7) is 3.00. The number of halogens is 1. The molecular weight excluding hydrogens is 158 g/mol. The number of rotatable bonds is 3. The van der Waals surface area contributed by atoms with Crippen LogP contribution < -0.4 is 4.42 Å². The van der Waals surface area contributed by atoms with E-state index in [1.807, 2.05) is 30.3 Å². The normalized spacial score (nSPS) is 9.64. The van der Waals surface area contributed by atoms with Crippen molar-refractivity contribution in [3.05, 3.63) is 30.3 Å². The van der Waals surface area contributed by atoms with Crippen LogP contribution in [0.5, 0.6) is 0 Å². The first-order valence-electron chi connectivity index (χ1n) is 3.83. The molecule has 0 N–H and O–H groups in total. The van der Waals surface area contributed by atoms with Crippen LogP contribution in [0, 0.1) is 0 Å². The summed E-state index contributed by atoms with van der Waals surface area (Å²) in [6.07, 6.45) is 1.07. The van der Waals surface area contributed by atoms with Crippen LogP contribution in [-0.4, -0.2) is 6.54 Å². The molecule has 11 heavy (non-hydrogen) atoms. The minimum absolute atomic E-state index is 0.894. The number of anilines is 1. The van der Waals surface area contributed by atoms with Crippen LogP contribution in [0.15, 0.2) is 30.3 Å². The fraction of sp³-hybridized carbons (Fsp3) is 0.333. The second-order valence-electron chi connectivity index (χ2n) is 2.42. The van der Waals surface area contributed by atoms with Gasteiger partial charge in [-0.15, -0.1) is 0 Å². The summed E-state index contributed by atoms with van der Waals surface area (Å²) >= 11 is 5.94. The summed E-state index contributed by atoms with van der Waals surface area (Å²) in [5.41, 5.74) is 1.07. The molecule has 60 valence electrons. The summed E-state index contributed by atoms with van der Waals surface area (Å²) in [5, 5.41) is 0. The summed E-state index contributed by atoms with van der Waals surface area (Å²) < 4.78 is 1.74. The van der Waals surface area contributed by atoms with E-state index in [0.717, 1.165) is 18.7 Å². The van der Waals surface area contributed by atoms with Gasteiger partial charge >= 0.3 is 0 Å². The molecule has 0 heterocycles. The van der Waals surface area contributed by atoms with Gasteiger partial charge in [-0.3, -0.25) is 4.42 Å². The van der Waals surface area contributed by atoms with Crippen molar-refractivity contribution in [2.45, 2.75) is 13.3 Å². The second-order valence-corrected chi connectivity index (χ2v) is 2.83. The highest BCUT2D eigenvalue weighted by Gasteiger charge is 1.98. The van der Waals surface area contributed by atoms with Gasteiger partial charge in [-0.05, 0) is 18.6 Å². The molecule has 1 aromatic carbocycles. The molecule has 0 atom stereocenters. The standard InChI is InChI=1S/C9H12ClN/c1-2-8-11(10)9-6-4-3-5-7-9/h3-7H,2,8H2,1H3. The third-order valence-electron chi connectivity index (χ3n) is 1.46. The molecule has 0 aliphatic carbocycles. The molecule has 2 heteroatoms. The van der Waals surface area contributed by atoms with E-state index in [9.17, 15) is 0 Å². The van der Waals surface area contributed by atoms with Crippen LogP contribution in [0.25, 0.3) is 0 Å². The maximum Gasteiger partial charge on any atom is 0.0523 e. The molecule has 0 aliphatic heterocycles. The van der Waals surface area contributed by atoms with Crippen molar-refractivity contribution in [3.8, 4) is 0 Å². The van der Waals surface area contributed by atoms with E-state index < -0.39 is 0 Å². The third-order valence-corrected chi connectivity index (χ3v) is 1.82. The fourth-order valence-corrected chi connectivity index (χ4v) is 1.20. The smallest absolute Gasteiger partial charge is 0.0523 e. The van der Waals surface area contributed by atoms with Crippen LogP contribution in [0.1, 0.15) is 13.3 Å². The first-order chi connectivity index (χ1) is 5.34. The molecule has 1 aromatic rings. The Morgan fingerprint density at radius 1 is 1.27 bits per heavy atom. The van der Waals surface area contributed by atoms with Gasteiger partial charge in [-0.2, -0.15) is 0 Å². The van der Waals surface area contributed by atoms with Gasteiger partial charge in [0, 0.05) is 18.3 Å². The molecule has 1 rings (SSSR count). The Bertz CT molecular complexity index is 198. The SMILES string of the molecule is CCCN(Cl)c1ccccc1. The second kappa shape index (κ2) is 4.24. The van der Waals surface area contributed by atoms with Crippen molar-refractivity contribution >= 4 is 17.5 Å². The van der Waals surface area contributed by atoms with E-state index in [4.69, 9.17) is 11.8 Å². The van der Waals surface area contributed by atoms with Gasteiger partial charge in [0.05, 0.1) is 5.69 Å². The fourth-order valence-electron chi connectivity index (χ4n) is 0.915. The topological polar surface area (TPSA) is 3.24 Å². The van der Waals surface area contributed by atoms with E-state index in [0.29, 0.717) is 0 Å². The molecule has 0 unspecified atom stereocenters. The highest BCUT2D eigenvalue weighted by Crippen LogP contribution is 2.14. The molecule has 0 spiro atoms. The zero-order valence-corrected chi connectivity index (χ0v) is 7.38. The van der Waals surface area contributed by atoms with E-state index >= 15 is 0 Å². The van der Waals surface area contributed by atoms with Crippen molar-refractivity contribution in [2.75, 3.05) is 11.0 Å². The summed E-state index contributed by atoms with van der Waals surface area (Å²) in [6, 6.07) is 9.96. The quantitative estimate of drug-likeness (QED) is 0.629. The van der Waals surface area contributed by atoms with Crippen LogP contribution in [0.3, 0.4) is 0 Å². The van der Waals surface area contributed by atoms with Crippen molar-refractivity contribution in [1.82, 2.24) is 0 Å². The number of benzene rings is 1. The minimum Gasteiger partial charge on any atom is -0.285 e. The predicted octanol–water partition coefficient (Wildman–Crippen LogP) is 3.06. The van der Waals surface area contributed by atoms with Gasteiger partial charge in [0.2, 0.25) is 0 Å². The van der Waals surface area contributed by atoms with Crippen LogP contribution in [0.4, 0.5) is 5.69 Å². The third kappa shape index (κ3) is 2.43. The lowest BCUT2D eigenvalue weighted by Crippen LogP contribution is -2.10. The zero-order chi connectivity index (χ0) is 8.10. The molecule has 0 fully saturated rings. The van der Waals surface area contributed by atoms with Crippen molar-refractivity contribution < 1.29 is 0 Å². The van der Waals surface area contributed by atoms with Gasteiger partial charge in [0.25, 0.3) is 0 Å². The molecule has 0 saturated heterocycles. The van der Waals surface area contributed by atoms with Crippen LogP contribution >= 0.6 is 11.8 Å². The van der Waals surface area contributed by atoms with E-state index in [1.54, 1.807) is 4.42 Å². The largest absolute Gasteiger partial charge is 0.285 e. The molecule has 0 aromatic heterocycles. The molecule has 0 bridgehead atoms. The lowest BCUT2D eigenvalue weighted by Gasteiger charge is -2.13. The Hall–Kier alpha value is -0.690. The van der Waals surface area contributed by atoms with Crippen molar-refractivity contribution in [1.29, 1.82) is 0 Å². The zero-order valence-electron chi connectivity index (χ0n) is 6.63. The van der Waals surface area contributed by atoms with E-state index in [-0.39, 0.29) is 0 Å². The van der Waals surface area contributed by atoms with Crippen molar-refractivity contribution in [2.24, 2.45) is 0 Å². The maximum absolute atomic E-state index is 5.94. The van der Waals surface area contributed by atoms with Gasteiger partial charge < -0.3 is 0 Å². The Balaban J connectivity index is 2.61. The van der Waals surface area contributed by atoms with Crippen molar-refractivity contribution in [3.63, 3.8) is 0 Å². The molecule has 1 nitrogen and oxygen atoms in total. The highest BCUT2D eigenvalue weighted by molar-refractivity contribution is 6.25. The average molecular weight is 170 g/mol. The summed E-state index contributed by atoms with van der Waals surface area (Å²) in [7, 11) is 0. The minimum atomic E-state index is 0.894. The van der Waals surface area contributed by atoms with Gasteiger partial charge in [-0.25, -0.2) is 0 Å².